The van der Waals surface area contributed by atoms with Gasteiger partial charge in [-0.05, 0) is 42.5 Å². The van der Waals surface area contributed by atoms with E-state index in [9.17, 15) is 9.18 Å². The Bertz CT molecular complexity index is 719. The van der Waals surface area contributed by atoms with Crippen LogP contribution in [0.4, 0.5) is 4.39 Å². The molecule has 1 saturated carbocycles. The number of amides is 1. The molecule has 0 spiro atoms. The molecule has 2 aromatic carbocycles. The van der Waals surface area contributed by atoms with Crippen LogP contribution in [0.2, 0.25) is 0 Å². The number of rotatable bonds is 7. The van der Waals surface area contributed by atoms with Crippen molar-refractivity contribution in [2.75, 3.05) is 13.7 Å². The van der Waals surface area contributed by atoms with Crippen molar-refractivity contribution in [3.63, 3.8) is 0 Å². The summed E-state index contributed by atoms with van der Waals surface area (Å²) in [5.41, 5.74) is 0.866. The first-order valence-corrected chi connectivity index (χ1v) is 8.71. The monoisotopic (exact) mass is 341 g/mol. The highest BCUT2D eigenvalue weighted by molar-refractivity contribution is 5.91. The normalized spacial score (nSPS) is 17.6. The molecular weight excluding hydrogens is 317 g/mol. The smallest absolute Gasteiger partial charge is 0.230 e. The number of halogens is 1. The molecule has 1 aliphatic carbocycles. The van der Waals surface area contributed by atoms with Crippen LogP contribution >= 0.6 is 0 Å². The maximum atomic E-state index is 13.2. The first-order valence-electron chi connectivity index (χ1n) is 8.71. The standard InChI is InChI=1S/C21H24FNO2/c1-3-21(25-2,17-7-5-4-6-8-17)15-23-19(24)20(13-14-20)16-9-11-18(22)12-10-16/h4-12H,3,13-15H2,1-2H3,(H,23,24). The van der Waals surface area contributed by atoms with Crippen LogP contribution in [0.5, 0.6) is 0 Å². The Morgan fingerprint density at radius 3 is 2.32 bits per heavy atom. The number of carbonyl (C=O) groups excluding carboxylic acids is 1. The lowest BCUT2D eigenvalue weighted by Crippen LogP contribution is -2.45. The van der Waals surface area contributed by atoms with Crippen LogP contribution in [0.1, 0.15) is 37.3 Å². The highest BCUT2D eigenvalue weighted by Gasteiger charge is 2.51. The third-order valence-electron chi connectivity index (χ3n) is 5.38. The van der Waals surface area contributed by atoms with E-state index in [4.69, 9.17) is 4.74 Å². The molecule has 0 aliphatic heterocycles. The SMILES string of the molecule is CCC(CNC(=O)C1(c2ccc(F)cc2)CC1)(OC)c1ccccc1. The summed E-state index contributed by atoms with van der Waals surface area (Å²) in [5.74, 6) is -0.293. The second-order valence-corrected chi connectivity index (χ2v) is 6.69. The fraction of sp³-hybridized carbons (Fsp3) is 0.381. The van der Waals surface area contributed by atoms with E-state index in [0.29, 0.717) is 6.54 Å². The molecule has 3 rings (SSSR count). The fourth-order valence-corrected chi connectivity index (χ4v) is 3.44. The van der Waals surface area contributed by atoms with Crippen LogP contribution in [-0.4, -0.2) is 19.6 Å². The molecule has 0 bridgehead atoms. The van der Waals surface area contributed by atoms with Crippen molar-refractivity contribution in [2.45, 2.75) is 37.2 Å². The number of nitrogens with one attached hydrogen (secondary N) is 1. The molecule has 25 heavy (non-hydrogen) atoms. The van der Waals surface area contributed by atoms with Gasteiger partial charge in [0.05, 0.1) is 12.0 Å². The maximum Gasteiger partial charge on any atom is 0.230 e. The van der Waals surface area contributed by atoms with Crippen LogP contribution < -0.4 is 5.32 Å². The Kier molecular flexibility index (Phi) is 4.91. The Hall–Kier alpha value is -2.20. The number of benzene rings is 2. The lowest BCUT2D eigenvalue weighted by atomic mass is 9.89. The van der Waals surface area contributed by atoms with Crippen molar-refractivity contribution < 1.29 is 13.9 Å². The summed E-state index contributed by atoms with van der Waals surface area (Å²) < 4.78 is 19.0. The molecule has 4 heteroatoms. The minimum absolute atomic E-state index is 0.00934. The van der Waals surface area contributed by atoms with Gasteiger partial charge < -0.3 is 10.1 Å². The summed E-state index contributed by atoms with van der Waals surface area (Å²) >= 11 is 0. The van der Waals surface area contributed by atoms with E-state index in [1.807, 2.05) is 30.3 Å². The van der Waals surface area contributed by atoms with Crippen molar-refractivity contribution in [3.05, 3.63) is 71.5 Å². The highest BCUT2D eigenvalue weighted by Crippen LogP contribution is 2.48. The Morgan fingerprint density at radius 1 is 1.16 bits per heavy atom. The summed E-state index contributed by atoms with van der Waals surface area (Å²) in [5, 5.41) is 3.08. The van der Waals surface area contributed by atoms with Gasteiger partial charge in [0.25, 0.3) is 0 Å². The van der Waals surface area contributed by atoms with Gasteiger partial charge in [0.15, 0.2) is 0 Å². The summed E-state index contributed by atoms with van der Waals surface area (Å²) in [7, 11) is 1.68. The third kappa shape index (κ3) is 3.31. The van der Waals surface area contributed by atoms with Gasteiger partial charge in [-0.25, -0.2) is 4.39 Å². The zero-order chi connectivity index (χ0) is 17.9. The third-order valence-corrected chi connectivity index (χ3v) is 5.38. The highest BCUT2D eigenvalue weighted by atomic mass is 19.1. The van der Waals surface area contributed by atoms with Gasteiger partial charge >= 0.3 is 0 Å². The molecule has 1 atom stereocenters. The minimum atomic E-state index is -0.546. The summed E-state index contributed by atoms with van der Waals surface area (Å²) in [6, 6.07) is 16.2. The van der Waals surface area contributed by atoms with Crippen molar-refractivity contribution in [1.82, 2.24) is 5.32 Å². The number of methoxy groups -OCH3 is 1. The second kappa shape index (κ2) is 6.96. The predicted octanol–water partition coefficient (Wildman–Crippen LogP) is 3.93. The predicted molar refractivity (Wildman–Crippen MR) is 95.7 cm³/mol. The fourth-order valence-electron chi connectivity index (χ4n) is 3.44. The van der Waals surface area contributed by atoms with Gasteiger partial charge in [-0.2, -0.15) is 0 Å². The van der Waals surface area contributed by atoms with Crippen LogP contribution in [-0.2, 0) is 20.5 Å². The van der Waals surface area contributed by atoms with E-state index < -0.39 is 11.0 Å². The summed E-state index contributed by atoms with van der Waals surface area (Å²) in [4.78, 5) is 12.9. The first kappa shape index (κ1) is 17.6. The van der Waals surface area contributed by atoms with Crippen molar-refractivity contribution in [1.29, 1.82) is 0 Å². The van der Waals surface area contributed by atoms with E-state index in [0.717, 1.165) is 30.4 Å². The van der Waals surface area contributed by atoms with E-state index >= 15 is 0 Å². The number of carbonyl (C=O) groups is 1. The van der Waals surface area contributed by atoms with Gasteiger partial charge in [0, 0.05) is 7.11 Å². The average Bonchev–Trinajstić information content (AvgIpc) is 3.46. The van der Waals surface area contributed by atoms with Crippen molar-refractivity contribution >= 4 is 5.91 Å². The van der Waals surface area contributed by atoms with Crippen LogP contribution in [0, 0.1) is 5.82 Å². The molecule has 3 nitrogen and oxygen atoms in total. The van der Waals surface area contributed by atoms with Gasteiger partial charge in [0.1, 0.15) is 11.4 Å². The van der Waals surface area contributed by atoms with Crippen molar-refractivity contribution in [2.24, 2.45) is 0 Å². The Labute approximate surface area is 148 Å². The largest absolute Gasteiger partial charge is 0.372 e. The molecule has 0 aromatic heterocycles. The zero-order valence-electron chi connectivity index (χ0n) is 14.7. The molecule has 1 N–H and O–H groups in total. The summed E-state index contributed by atoms with van der Waals surface area (Å²) in [6.45, 7) is 2.46. The molecule has 0 radical (unpaired) electrons. The van der Waals surface area contributed by atoms with Gasteiger partial charge in [-0.1, -0.05) is 49.4 Å². The van der Waals surface area contributed by atoms with E-state index in [-0.39, 0.29) is 11.7 Å². The maximum absolute atomic E-state index is 13.2. The van der Waals surface area contributed by atoms with E-state index in [1.165, 1.54) is 12.1 Å². The van der Waals surface area contributed by atoms with E-state index in [2.05, 4.69) is 12.2 Å². The Balaban J connectivity index is 1.75. The zero-order valence-corrected chi connectivity index (χ0v) is 14.7. The van der Waals surface area contributed by atoms with Gasteiger partial charge in [0.2, 0.25) is 5.91 Å². The molecule has 1 amide bonds. The molecular formula is C21H24FNO2. The summed E-state index contributed by atoms with van der Waals surface area (Å²) in [6.07, 6.45) is 2.33. The lowest BCUT2D eigenvalue weighted by molar-refractivity contribution is -0.125. The first-order chi connectivity index (χ1) is 12.1. The molecule has 0 saturated heterocycles. The second-order valence-electron chi connectivity index (χ2n) is 6.69. The molecule has 1 fully saturated rings. The molecule has 1 unspecified atom stereocenters. The number of hydrogen-bond acceptors (Lipinski definition) is 2. The van der Waals surface area contributed by atoms with E-state index in [1.54, 1.807) is 19.2 Å². The molecule has 0 heterocycles. The lowest BCUT2D eigenvalue weighted by Gasteiger charge is -2.33. The van der Waals surface area contributed by atoms with Gasteiger partial charge in [-0.3, -0.25) is 4.79 Å². The van der Waals surface area contributed by atoms with Crippen molar-refractivity contribution in [3.8, 4) is 0 Å². The molecule has 2 aromatic rings. The van der Waals surface area contributed by atoms with Crippen LogP contribution in [0.25, 0.3) is 0 Å². The van der Waals surface area contributed by atoms with Crippen LogP contribution in [0.15, 0.2) is 54.6 Å². The minimum Gasteiger partial charge on any atom is -0.372 e. The van der Waals surface area contributed by atoms with Gasteiger partial charge in [-0.15, -0.1) is 0 Å². The average molecular weight is 341 g/mol. The Morgan fingerprint density at radius 2 is 1.80 bits per heavy atom. The molecule has 132 valence electrons. The topological polar surface area (TPSA) is 38.3 Å². The quantitative estimate of drug-likeness (QED) is 0.829. The van der Waals surface area contributed by atoms with Crippen LogP contribution in [0.3, 0.4) is 0 Å². The number of hydrogen-bond donors (Lipinski definition) is 1. The number of ether oxygens (including phenoxy) is 1. The molecule has 1 aliphatic rings.